The van der Waals surface area contributed by atoms with Crippen LogP contribution in [0.2, 0.25) is 0 Å². The molecule has 0 saturated heterocycles. The van der Waals surface area contributed by atoms with E-state index in [2.05, 4.69) is 0 Å². The Hall–Kier alpha value is -1.85. The standard InChI is InChI=1S/C14H18N2O3/c1-18-9-8-16(7-6-15)14(17)13-10-11-4-2-3-5-12(11)19-13/h2-5,10H,6-9,15H2,1H3. The van der Waals surface area contributed by atoms with Gasteiger partial charge >= 0.3 is 0 Å². The fourth-order valence-corrected chi connectivity index (χ4v) is 1.92. The number of methoxy groups -OCH3 is 1. The van der Waals surface area contributed by atoms with Crippen molar-refractivity contribution in [3.8, 4) is 0 Å². The molecule has 2 rings (SSSR count). The molecule has 1 aromatic heterocycles. The summed E-state index contributed by atoms with van der Waals surface area (Å²) in [6.07, 6.45) is 0. The molecule has 1 heterocycles. The molecule has 0 fully saturated rings. The number of carbonyl (C=O) groups is 1. The molecule has 0 radical (unpaired) electrons. The number of furan rings is 1. The van der Waals surface area contributed by atoms with Gasteiger partial charge in [0.25, 0.3) is 5.91 Å². The highest BCUT2D eigenvalue weighted by Crippen LogP contribution is 2.19. The Labute approximate surface area is 111 Å². The van der Waals surface area contributed by atoms with Crippen molar-refractivity contribution >= 4 is 16.9 Å². The van der Waals surface area contributed by atoms with Crippen molar-refractivity contribution < 1.29 is 13.9 Å². The number of nitrogens with zero attached hydrogens (tertiary/aromatic N) is 1. The van der Waals surface area contributed by atoms with Crippen LogP contribution in [0.4, 0.5) is 0 Å². The summed E-state index contributed by atoms with van der Waals surface area (Å²) >= 11 is 0. The monoisotopic (exact) mass is 262 g/mol. The number of rotatable bonds is 6. The number of ether oxygens (including phenoxy) is 1. The average molecular weight is 262 g/mol. The Balaban J connectivity index is 2.19. The predicted molar refractivity (Wildman–Crippen MR) is 73.0 cm³/mol. The van der Waals surface area contributed by atoms with Crippen molar-refractivity contribution in [2.24, 2.45) is 5.73 Å². The summed E-state index contributed by atoms with van der Waals surface area (Å²) in [5.74, 6) is 0.185. The first-order chi connectivity index (χ1) is 9.26. The van der Waals surface area contributed by atoms with Crippen LogP contribution >= 0.6 is 0 Å². The Morgan fingerprint density at radius 2 is 2.16 bits per heavy atom. The largest absolute Gasteiger partial charge is 0.451 e. The Kier molecular flexibility index (Phi) is 4.54. The molecule has 0 aliphatic heterocycles. The van der Waals surface area contributed by atoms with E-state index in [0.29, 0.717) is 37.6 Å². The van der Waals surface area contributed by atoms with E-state index in [9.17, 15) is 4.79 Å². The van der Waals surface area contributed by atoms with Gasteiger partial charge in [-0.15, -0.1) is 0 Å². The van der Waals surface area contributed by atoms with Crippen molar-refractivity contribution in [3.63, 3.8) is 0 Å². The molecule has 0 aliphatic rings. The van der Waals surface area contributed by atoms with Crippen LogP contribution < -0.4 is 5.73 Å². The first-order valence-electron chi connectivity index (χ1n) is 6.23. The molecule has 19 heavy (non-hydrogen) atoms. The number of nitrogens with two attached hydrogens (primary N) is 1. The highest BCUT2D eigenvalue weighted by molar-refractivity contribution is 5.96. The number of benzene rings is 1. The summed E-state index contributed by atoms with van der Waals surface area (Å²) in [7, 11) is 1.60. The van der Waals surface area contributed by atoms with Gasteiger partial charge in [0, 0.05) is 32.1 Å². The summed E-state index contributed by atoms with van der Waals surface area (Å²) in [4.78, 5) is 14.0. The molecule has 1 amide bonds. The molecule has 5 nitrogen and oxygen atoms in total. The summed E-state index contributed by atoms with van der Waals surface area (Å²) in [5, 5.41) is 0.922. The number of carbonyl (C=O) groups excluding carboxylic acids is 1. The molecule has 0 bridgehead atoms. The van der Waals surface area contributed by atoms with E-state index in [-0.39, 0.29) is 5.91 Å². The first-order valence-corrected chi connectivity index (χ1v) is 6.23. The lowest BCUT2D eigenvalue weighted by Gasteiger charge is -2.20. The number of fused-ring (bicyclic) bond motifs is 1. The van der Waals surface area contributed by atoms with Crippen molar-refractivity contribution in [2.45, 2.75) is 0 Å². The van der Waals surface area contributed by atoms with Gasteiger partial charge < -0.3 is 19.8 Å². The lowest BCUT2D eigenvalue weighted by Crippen LogP contribution is -2.37. The normalized spacial score (nSPS) is 10.8. The third-order valence-electron chi connectivity index (χ3n) is 2.89. The quantitative estimate of drug-likeness (QED) is 0.856. The third-order valence-corrected chi connectivity index (χ3v) is 2.89. The molecule has 0 unspecified atom stereocenters. The smallest absolute Gasteiger partial charge is 0.289 e. The molecular formula is C14H18N2O3. The Morgan fingerprint density at radius 3 is 2.84 bits per heavy atom. The molecule has 0 aliphatic carbocycles. The maximum Gasteiger partial charge on any atom is 0.289 e. The van der Waals surface area contributed by atoms with Gasteiger partial charge in [0.1, 0.15) is 5.58 Å². The average Bonchev–Trinajstić information content (AvgIpc) is 2.86. The van der Waals surface area contributed by atoms with Crippen molar-refractivity contribution in [1.29, 1.82) is 0 Å². The van der Waals surface area contributed by atoms with Gasteiger partial charge in [-0.2, -0.15) is 0 Å². The van der Waals surface area contributed by atoms with Crippen LogP contribution in [-0.4, -0.2) is 44.2 Å². The Bertz CT molecular complexity index is 517. The van der Waals surface area contributed by atoms with Crippen LogP contribution in [0, 0.1) is 0 Å². The van der Waals surface area contributed by atoms with Crippen LogP contribution in [0.5, 0.6) is 0 Å². The van der Waals surface area contributed by atoms with E-state index in [1.165, 1.54) is 0 Å². The number of amides is 1. The van der Waals surface area contributed by atoms with Crippen LogP contribution in [0.15, 0.2) is 34.7 Å². The summed E-state index contributed by atoms with van der Waals surface area (Å²) < 4.78 is 10.6. The number of hydrogen-bond donors (Lipinski definition) is 1. The van der Waals surface area contributed by atoms with Crippen LogP contribution in [0.1, 0.15) is 10.6 Å². The van der Waals surface area contributed by atoms with E-state index in [1.54, 1.807) is 18.1 Å². The first kappa shape index (κ1) is 13.6. The van der Waals surface area contributed by atoms with Gasteiger partial charge in [-0.25, -0.2) is 0 Å². The number of para-hydroxylation sites is 1. The van der Waals surface area contributed by atoms with E-state index in [0.717, 1.165) is 5.39 Å². The van der Waals surface area contributed by atoms with Crippen LogP contribution in [0.3, 0.4) is 0 Å². The lowest BCUT2D eigenvalue weighted by molar-refractivity contribution is 0.0673. The minimum absolute atomic E-state index is 0.154. The van der Waals surface area contributed by atoms with Crippen LogP contribution in [0.25, 0.3) is 11.0 Å². The lowest BCUT2D eigenvalue weighted by atomic mass is 10.2. The van der Waals surface area contributed by atoms with Crippen molar-refractivity contribution in [2.75, 3.05) is 33.4 Å². The second kappa shape index (κ2) is 6.36. The van der Waals surface area contributed by atoms with E-state index in [1.807, 2.05) is 24.3 Å². The molecule has 1 aromatic carbocycles. The molecule has 0 spiro atoms. The van der Waals surface area contributed by atoms with Gasteiger partial charge in [0.2, 0.25) is 0 Å². The van der Waals surface area contributed by atoms with Gasteiger partial charge in [-0.05, 0) is 12.1 Å². The van der Waals surface area contributed by atoms with E-state index in [4.69, 9.17) is 14.9 Å². The zero-order valence-electron chi connectivity index (χ0n) is 11.0. The Morgan fingerprint density at radius 1 is 1.37 bits per heavy atom. The van der Waals surface area contributed by atoms with E-state index < -0.39 is 0 Å². The maximum atomic E-state index is 12.3. The van der Waals surface area contributed by atoms with E-state index >= 15 is 0 Å². The second-order valence-corrected chi connectivity index (χ2v) is 4.22. The topological polar surface area (TPSA) is 68.7 Å². The molecule has 102 valence electrons. The molecule has 5 heteroatoms. The third kappa shape index (κ3) is 3.13. The summed E-state index contributed by atoms with van der Waals surface area (Å²) in [6.45, 7) is 1.88. The summed E-state index contributed by atoms with van der Waals surface area (Å²) in [5.41, 5.74) is 6.24. The zero-order chi connectivity index (χ0) is 13.7. The highest BCUT2D eigenvalue weighted by Gasteiger charge is 2.18. The van der Waals surface area contributed by atoms with Gasteiger partial charge in [0.15, 0.2) is 5.76 Å². The molecular weight excluding hydrogens is 244 g/mol. The van der Waals surface area contributed by atoms with Crippen LogP contribution in [-0.2, 0) is 4.74 Å². The predicted octanol–water partition coefficient (Wildman–Crippen LogP) is 1.48. The molecule has 0 atom stereocenters. The second-order valence-electron chi connectivity index (χ2n) is 4.22. The van der Waals surface area contributed by atoms with Gasteiger partial charge in [-0.3, -0.25) is 4.79 Å². The van der Waals surface area contributed by atoms with Gasteiger partial charge in [-0.1, -0.05) is 18.2 Å². The minimum atomic E-state index is -0.154. The van der Waals surface area contributed by atoms with Crippen molar-refractivity contribution in [3.05, 3.63) is 36.1 Å². The summed E-state index contributed by atoms with van der Waals surface area (Å²) in [6, 6.07) is 9.30. The van der Waals surface area contributed by atoms with Crippen molar-refractivity contribution in [1.82, 2.24) is 4.90 Å². The molecule has 2 N–H and O–H groups in total. The minimum Gasteiger partial charge on any atom is -0.451 e. The number of hydrogen-bond acceptors (Lipinski definition) is 4. The molecule has 0 saturated carbocycles. The molecule has 2 aromatic rings. The maximum absolute atomic E-state index is 12.3. The fourth-order valence-electron chi connectivity index (χ4n) is 1.92. The fraction of sp³-hybridized carbons (Fsp3) is 0.357. The van der Waals surface area contributed by atoms with Gasteiger partial charge in [0.05, 0.1) is 6.61 Å². The SMILES string of the molecule is COCCN(CCN)C(=O)c1cc2ccccc2o1. The zero-order valence-corrected chi connectivity index (χ0v) is 11.0. The highest BCUT2D eigenvalue weighted by atomic mass is 16.5.